The highest BCUT2D eigenvalue weighted by molar-refractivity contribution is 7.72. The average Bonchev–Trinajstić information content (AvgIpc) is 2.56. The number of amides is 3. The van der Waals surface area contributed by atoms with E-state index < -0.39 is 44.7 Å². The summed E-state index contributed by atoms with van der Waals surface area (Å²) >= 11 is 5.37. The summed E-state index contributed by atoms with van der Waals surface area (Å²) in [5.41, 5.74) is 1.93. The molecular formula is C13H28ClN4O10P2+. The highest BCUT2D eigenvalue weighted by Crippen LogP contribution is 2.69. The Hall–Kier alpha value is -1.11. The van der Waals surface area contributed by atoms with Gasteiger partial charge in [0.05, 0.1) is 10.8 Å². The van der Waals surface area contributed by atoms with E-state index in [4.69, 9.17) is 31.2 Å². The van der Waals surface area contributed by atoms with Crippen LogP contribution in [0.1, 0.15) is 33.1 Å². The number of carbonyl (C=O) groups excluding carboxylic acids is 2. The smallest absolute Gasteiger partial charge is 0.368 e. The van der Waals surface area contributed by atoms with Crippen LogP contribution in [0.4, 0.5) is 4.79 Å². The number of rotatable bonds is 13. The lowest BCUT2D eigenvalue weighted by molar-refractivity contribution is -0.588. The van der Waals surface area contributed by atoms with E-state index in [9.17, 15) is 28.7 Å². The maximum atomic E-state index is 12.2. The Morgan fingerprint density at radius 2 is 1.63 bits per heavy atom. The fourth-order valence-corrected chi connectivity index (χ4v) is 4.63. The third kappa shape index (κ3) is 8.94. The molecule has 176 valence electrons. The molecule has 1 atom stereocenters. The second-order valence-corrected chi connectivity index (χ2v) is 11.1. The molecule has 0 bridgehead atoms. The molecule has 0 heterocycles. The number of aliphatic hydroxyl groups is 1. The van der Waals surface area contributed by atoms with Crippen molar-refractivity contribution in [2.45, 2.75) is 44.2 Å². The zero-order valence-corrected chi connectivity index (χ0v) is 18.9. The molecule has 0 aliphatic rings. The van der Waals surface area contributed by atoms with Crippen LogP contribution in [0.5, 0.6) is 0 Å². The number of hydrogen-bond acceptors (Lipinski definition) is 6. The third-order valence-corrected chi connectivity index (χ3v) is 7.97. The normalized spacial score (nSPS) is 13.6. The number of halogens is 1. The van der Waals surface area contributed by atoms with Gasteiger partial charge in [0.2, 0.25) is 12.5 Å². The first-order valence-corrected chi connectivity index (χ1v) is 12.5. The molecule has 14 nitrogen and oxygen atoms in total. The van der Waals surface area contributed by atoms with Gasteiger partial charge >= 0.3 is 21.2 Å². The van der Waals surface area contributed by atoms with E-state index in [1.807, 2.05) is 5.43 Å². The molecule has 0 rings (SSSR count). The van der Waals surface area contributed by atoms with Crippen LogP contribution in [-0.4, -0.2) is 71.6 Å². The van der Waals surface area contributed by atoms with E-state index >= 15 is 0 Å². The van der Waals surface area contributed by atoms with Crippen LogP contribution in [0.25, 0.3) is 0 Å². The zero-order valence-electron chi connectivity index (χ0n) is 16.4. The van der Waals surface area contributed by atoms with Crippen LogP contribution in [0.3, 0.4) is 0 Å². The summed E-state index contributed by atoms with van der Waals surface area (Å²) in [5.74, 6) is -0.995. The summed E-state index contributed by atoms with van der Waals surface area (Å²) in [5, 5.41) is 11.0. The predicted molar refractivity (Wildman–Crippen MR) is 105 cm³/mol. The molecule has 0 aromatic carbocycles. The van der Waals surface area contributed by atoms with Crippen molar-refractivity contribution in [1.82, 2.24) is 16.1 Å². The van der Waals surface area contributed by atoms with Gasteiger partial charge in [-0.3, -0.25) is 13.9 Å². The minimum absolute atomic E-state index is 0.0168. The van der Waals surface area contributed by atoms with E-state index in [2.05, 4.69) is 10.6 Å². The topological polar surface area (TPSA) is 226 Å². The van der Waals surface area contributed by atoms with Crippen LogP contribution in [0, 0.1) is 10.8 Å². The molecule has 0 saturated heterocycles. The second kappa shape index (κ2) is 12.1. The Morgan fingerprint density at radius 3 is 2.07 bits per heavy atom. The van der Waals surface area contributed by atoms with Crippen molar-refractivity contribution in [1.29, 1.82) is 0 Å². The highest BCUT2D eigenvalue weighted by atomic mass is 35.5. The molecule has 30 heavy (non-hydrogen) atoms. The van der Waals surface area contributed by atoms with Crippen LogP contribution in [0.2, 0.25) is 0 Å². The monoisotopic (exact) mass is 497 g/mol. The predicted octanol–water partition coefficient (Wildman–Crippen LogP) is -0.469. The number of alkyl halides is 1. The summed E-state index contributed by atoms with van der Waals surface area (Å²) < 4.78 is 22.5. The summed E-state index contributed by atoms with van der Waals surface area (Å²) in [6.45, 7) is 3.05. The molecule has 3 amide bonds. The van der Waals surface area contributed by atoms with E-state index in [-0.39, 0.29) is 42.6 Å². The summed E-state index contributed by atoms with van der Waals surface area (Å²) in [7, 11) is -11.1. The molecular weight excluding hydrogens is 470 g/mol. The quantitative estimate of drug-likeness (QED) is 0.0536. The van der Waals surface area contributed by atoms with E-state index in [0.717, 1.165) is 0 Å². The van der Waals surface area contributed by atoms with Crippen LogP contribution in [0.15, 0.2) is 0 Å². The van der Waals surface area contributed by atoms with E-state index in [1.165, 1.54) is 0 Å². The van der Waals surface area contributed by atoms with Gasteiger partial charge < -0.3 is 35.3 Å². The van der Waals surface area contributed by atoms with Crippen molar-refractivity contribution in [2.24, 2.45) is 5.92 Å². The number of nitrogens with one attached hydrogen (secondary N) is 3. The van der Waals surface area contributed by atoms with Gasteiger partial charge in [-0.05, 0) is 25.2 Å². The number of nitrogens with zero attached hydrogens (tertiary/aromatic N) is 1. The second-order valence-electron chi connectivity index (χ2n) is 6.71. The molecule has 0 fully saturated rings. The van der Waals surface area contributed by atoms with Gasteiger partial charge in [0, 0.05) is 6.54 Å². The third-order valence-electron chi connectivity index (χ3n) is 3.92. The molecule has 0 unspecified atom stereocenters. The van der Waals surface area contributed by atoms with Crippen molar-refractivity contribution in [3.8, 4) is 0 Å². The van der Waals surface area contributed by atoms with Gasteiger partial charge in [-0.2, -0.15) is 0 Å². The SMILES string of the molecule is CC(C)[C@H](NC(=O)N[N+](=O)CCCl)C(=O)NCCCCC(O)(P(=O)(O)O)P(=O)(O)O. The van der Waals surface area contributed by atoms with Crippen LogP contribution in [-0.2, 0) is 13.9 Å². The molecule has 17 heteroatoms. The molecule has 0 aliphatic heterocycles. The number of hydrogen-bond donors (Lipinski definition) is 8. The van der Waals surface area contributed by atoms with Gasteiger partial charge in [0.25, 0.3) is 5.08 Å². The van der Waals surface area contributed by atoms with Crippen LogP contribution < -0.4 is 16.1 Å². The van der Waals surface area contributed by atoms with Crippen molar-refractivity contribution >= 4 is 38.7 Å². The Kier molecular flexibility index (Phi) is 11.6. The summed E-state index contributed by atoms with van der Waals surface area (Å²) in [6.07, 6.45) is -1.10. The molecule has 0 aliphatic carbocycles. The fraction of sp³-hybridized carbons (Fsp3) is 0.846. The molecule has 0 saturated carbocycles. The minimum atomic E-state index is -5.53. The number of nitroso groups, excluding NO2 is 1. The molecule has 0 aromatic rings. The fourth-order valence-electron chi connectivity index (χ4n) is 2.22. The summed E-state index contributed by atoms with van der Waals surface area (Å²) in [6, 6.07) is -1.94. The summed E-state index contributed by atoms with van der Waals surface area (Å²) in [4.78, 5) is 71.7. The van der Waals surface area contributed by atoms with Crippen LogP contribution >= 0.6 is 26.8 Å². The zero-order chi connectivity index (χ0) is 23.8. The Labute approximate surface area is 177 Å². The lowest BCUT2D eigenvalue weighted by atomic mass is 10.0. The molecule has 0 spiro atoms. The molecule has 0 radical (unpaired) electrons. The average molecular weight is 498 g/mol. The minimum Gasteiger partial charge on any atom is -0.368 e. The van der Waals surface area contributed by atoms with Gasteiger partial charge in [-0.25, -0.2) is 4.79 Å². The Morgan fingerprint density at radius 1 is 1.10 bits per heavy atom. The van der Waals surface area contributed by atoms with Gasteiger partial charge in [0.15, 0.2) is 0 Å². The number of urea groups is 1. The first kappa shape index (κ1) is 28.9. The first-order valence-electron chi connectivity index (χ1n) is 8.76. The van der Waals surface area contributed by atoms with Crippen molar-refractivity contribution in [3.63, 3.8) is 0 Å². The van der Waals surface area contributed by atoms with E-state index in [0.29, 0.717) is 0 Å². The Balaban J connectivity index is 4.68. The van der Waals surface area contributed by atoms with Crippen molar-refractivity contribution < 1.29 is 48.3 Å². The molecule has 0 aromatic heterocycles. The molecule has 8 N–H and O–H groups in total. The number of carbonyl (C=O) groups is 2. The number of unbranched alkanes of at least 4 members (excludes halogenated alkanes) is 1. The van der Waals surface area contributed by atoms with Gasteiger partial charge in [-0.1, -0.05) is 19.3 Å². The van der Waals surface area contributed by atoms with Gasteiger partial charge in [-0.15, -0.1) is 11.6 Å². The largest absolute Gasteiger partial charge is 0.372 e. The number of hydrazine groups is 1. The van der Waals surface area contributed by atoms with Crippen molar-refractivity contribution in [2.75, 3.05) is 19.0 Å². The lowest BCUT2D eigenvalue weighted by Gasteiger charge is -2.29. The lowest BCUT2D eigenvalue weighted by Crippen LogP contribution is -2.54. The highest BCUT2D eigenvalue weighted by Gasteiger charge is 2.58. The van der Waals surface area contributed by atoms with Crippen molar-refractivity contribution in [3.05, 3.63) is 4.91 Å². The maximum absolute atomic E-state index is 12.2. The maximum Gasteiger partial charge on any atom is 0.372 e. The first-order chi connectivity index (χ1) is 13.6. The van der Waals surface area contributed by atoms with E-state index in [1.54, 1.807) is 13.8 Å². The Bertz CT molecular complexity index is 688. The van der Waals surface area contributed by atoms with Gasteiger partial charge in [0.1, 0.15) is 10.9 Å². The standard InChI is InChI=1S/C13H27ClN4O10P2/c1-9(2)10(16-12(20)17-18(22)8-6-14)11(19)15-7-4-3-5-13(21,29(23,24)25)30(26,27)28/h9-10,21H,3-8H2,1-2H3,(H6-,15,16,17,19,20,22,23,24,25,26,27,28)/p+1/t10-/m0/s1.